The molecule has 0 aliphatic heterocycles. The van der Waals surface area contributed by atoms with E-state index in [4.69, 9.17) is 4.84 Å². The van der Waals surface area contributed by atoms with E-state index >= 15 is 0 Å². The van der Waals surface area contributed by atoms with Crippen molar-refractivity contribution < 1.29 is 23.5 Å². The van der Waals surface area contributed by atoms with Crippen molar-refractivity contribution in [3.8, 4) is 11.1 Å². The molecule has 0 heterocycles. The van der Waals surface area contributed by atoms with E-state index in [1.54, 1.807) is 24.3 Å². The van der Waals surface area contributed by atoms with Crippen molar-refractivity contribution >= 4 is 15.7 Å². The fraction of sp³-hybridized carbons (Fsp3) is 0.269. The monoisotopic (exact) mass is 480 g/mol. The maximum absolute atomic E-state index is 13.1. The Bertz CT molecular complexity index is 1220. The average molecular weight is 481 g/mol. The van der Waals surface area contributed by atoms with Gasteiger partial charge in [0.1, 0.15) is 18.4 Å². The summed E-state index contributed by atoms with van der Waals surface area (Å²) < 4.78 is 27.4. The van der Waals surface area contributed by atoms with Gasteiger partial charge in [-0.3, -0.25) is 0 Å². The van der Waals surface area contributed by atoms with Crippen molar-refractivity contribution in [2.24, 2.45) is 5.16 Å². The molecule has 1 aliphatic rings. The molecule has 3 aromatic rings. The third-order valence-corrected chi connectivity index (χ3v) is 7.60. The molecule has 1 atom stereocenters. The maximum atomic E-state index is 13.1. The zero-order chi connectivity index (χ0) is 24.1. The smallest absolute Gasteiger partial charge is 0.243 e. The van der Waals surface area contributed by atoms with Crippen LogP contribution in [0.4, 0.5) is 0 Å². The van der Waals surface area contributed by atoms with Crippen LogP contribution in [0.2, 0.25) is 0 Å². The quantitative estimate of drug-likeness (QED) is 0.340. The molecule has 1 aliphatic carbocycles. The predicted molar refractivity (Wildman–Crippen MR) is 131 cm³/mol. The van der Waals surface area contributed by atoms with E-state index in [9.17, 15) is 18.6 Å². The Kier molecular flexibility index (Phi) is 7.43. The number of oxime groups is 1. The number of hydrogen-bond acceptors (Lipinski definition) is 6. The fourth-order valence-corrected chi connectivity index (χ4v) is 5.50. The highest BCUT2D eigenvalue weighted by Gasteiger charge is 2.27. The van der Waals surface area contributed by atoms with Crippen LogP contribution < -0.4 is 0 Å². The van der Waals surface area contributed by atoms with Crippen molar-refractivity contribution in [1.82, 2.24) is 4.31 Å². The van der Waals surface area contributed by atoms with Gasteiger partial charge in [0.2, 0.25) is 10.0 Å². The molecule has 0 spiro atoms. The van der Waals surface area contributed by atoms with Crippen LogP contribution in [0.3, 0.4) is 0 Å². The Labute approximate surface area is 200 Å². The fourth-order valence-electron chi connectivity index (χ4n) is 3.98. The van der Waals surface area contributed by atoms with Crippen molar-refractivity contribution in [1.29, 1.82) is 0 Å². The first-order chi connectivity index (χ1) is 16.4. The molecule has 0 radical (unpaired) electrons. The Morgan fingerprint density at radius 1 is 0.912 bits per heavy atom. The number of aryl methyl sites for hydroxylation is 1. The largest absolute Gasteiger partial charge is 0.396 e. The molecular weight excluding hydrogens is 452 g/mol. The van der Waals surface area contributed by atoms with Crippen LogP contribution in [0.25, 0.3) is 11.1 Å². The van der Waals surface area contributed by atoms with Crippen LogP contribution >= 0.6 is 0 Å². The van der Waals surface area contributed by atoms with Crippen molar-refractivity contribution in [2.75, 3.05) is 26.3 Å². The lowest BCUT2D eigenvalue weighted by molar-refractivity contribution is 0.0304. The average Bonchev–Trinajstić information content (AvgIpc) is 3.16. The molecule has 0 fully saturated rings. The molecular formula is C26H28N2O5S. The first-order valence-electron chi connectivity index (χ1n) is 11.2. The van der Waals surface area contributed by atoms with Gasteiger partial charge >= 0.3 is 0 Å². The summed E-state index contributed by atoms with van der Waals surface area (Å²) in [5, 5.41) is 24.1. The second-order valence-electron chi connectivity index (χ2n) is 8.23. The molecule has 2 N–H and O–H groups in total. The Balaban J connectivity index is 1.47. The summed E-state index contributed by atoms with van der Waals surface area (Å²) in [5.74, 6) is 0. The first-order valence-corrected chi connectivity index (χ1v) is 12.6. The molecule has 3 aromatic carbocycles. The zero-order valence-corrected chi connectivity index (χ0v) is 19.8. The van der Waals surface area contributed by atoms with Crippen LogP contribution in [0, 0.1) is 6.92 Å². The number of aliphatic hydroxyl groups is 2. The maximum Gasteiger partial charge on any atom is 0.243 e. The van der Waals surface area contributed by atoms with Crippen LogP contribution in [-0.4, -0.2) is 61.1 Å². The highest BCUT2D eigenvalue weighted by atomic mass is 32.2. The highest BCUT2D eigenvalue weighted by Crippen LogP contribution is 2.36. The molecule has 0 bridgehead atoms. The molecule has 0 aromatic heterocycles. The van der Waals surface area contributed by atoms with Crippen molar-refractivity contribution in [3.05, 3.63) is 89.5 Å². The van der Waals surface area contributed by atoms with Crippen LogP contribution in [0.15, 0.2) is 82.8 Å². The predicted octanol–water partition coefficient (Wildman–Crippen LogP) is 3.18. The van der Waals surface area contributed by atoms with Crippen molar-refractivity contribution in [2.45, 2.75) is 24.3 Å². The van der Waals surface area contributed by atoms with Gasteiger partial charge in [-0.1, -0.05) is 71.4 Å². The Hall–Kier alpha value is -3.04. The molecule has 8 heteroatoms. The van der Waals surface area contributed by atoms with Crippen molar-refractivity contribution in [3.63, 3.8) is 0 Å². The van der Waals surface area contributed by atoms with Gasteiger partial charge in [0.15, 0.2) is 0 Å². The SMILES string of the molecule is Cc1ccc(S(=O)(=O)N(CCCO)C[C@@H](O)CON=C2c3ccccc3-c3ccccc32)cc1. The minimum Gasteiger partial charge on any atom is -0.396 e. The third kappa shape index (κ3) is 5.05. The molecule has 0 saturated heterocycles. The van der Waals surface area contributed by atoms with E-state index < -0.39 is 16.1 Å². The second kappa shape index (κ2) is 10.5. The lowest BCUT2D eigenvalue weighted by Gasteiger charge is -2.24. The van der Waals surface area contributed by atoms with Gasteiger partial charge in [0.25, 0.3) is 0 Å². The lowest BCUT2D eigenvalue weighted by atomic mass is 10.1. The zero-order valence-electron chi connectivity index (χ0n) is 19.0. The third-order valence-electron chi connectivity index (χ3n) is 5.72. The van der Waals surface area contributed by atoms with E-state index in [1.165, 1.54) is 4.31 Å². The van der Waals surface area contributed by atoms with Crippen LogP contribution in [-0.2, 0) is 14.9 Å². The molecule has 0 saturated carbocycles. The first kappa shape index (κ1) is 24.1. The van der Waals surface area contributed by atoms with E-state index in [1.807, 2.05) is 55.5 Å². The summed E-state index contributed by atoms with van der Waals surface area (Å²) in [6.45, 7) is 1.46. The number of aliphatic hydroxyl groups excluding tert-OH is 2. The van der Waals surface area contributed by atoms with Gasteiger partial charge in [0.05, 0.1) is 4.90 Å². The highest BCUT2D eigenvalue weighted by molar-refractivity contribution is 7.89. The summed E-state index contributed by atoms with van der Waals surface area (Å²) in [4.78, 5) is 5.64. The van der Waals surface area contributed by atoms with Gasteiger partial charge in [-0.15, -0.1) is 0 Å². The summed E-state index contributed by atoms with van der Waals surface area (Å²) in [5.41, 5.74) is 5.67. The Morgan fingerprint density at radius 2 is 1.47 bits per heavy atom. The number of benzene rings is 3. The van der Waals surface area contributed by atoms with E-state index in [2.05, 4.69) is 5.16 Å². The lowest BCUT2D eigenvalue weighted by Crippen LogP contribution is -2.40. The molecule has 7 nitrogen and oxygen atoms in total. The summed E-state index contributed by atoms with van der Waals surface area (Å²) >= 11 is 0. The second-order valence-corrected chi connectivity index (χ2v) is 10.2. The normalized spacial score (nSPS) is 13.5. The number of sulfonamides is 1. The standard InChI is InChI=1S/C26H28N2O5S/c1-19-11-13-21(14-12-19)34(31,32)28(15-6-16-29)17-20(30)18-33-27-26-24-9-4-2-7-22(24)23-8-3-5-10-25(23)26/h2-5,7-14,20,29-30H,6,15-18H2,1H3/t20-/m1/s1. The molecule has 0 amide bonds. The van der Waals surface area contributed by atoms with Gasteiger partial charge < -0.3 is 15.1 Å². The van der Waals surface area contributed by atoms with E-state index in [0.29, 0.717) is 5.71 Å². The van der Waals surface area contributed by atoms with Crippen LogP contribution in [0.1, 0.15) is 23.1 Å². The minimum absolute atomic E-state index is 0.0824. The summed E-state index contributed by atoms with van der Waals surface area (Å²) in [6.07, 6.45) is -0.843. The van der Waals surface area contributed by atoms with Gasteiger partial charge in [-0.2, -0.15) is 4.31 Å². The molecule has 0 unspecified atom stereocenters. The molecule has 178 valence electrons. The molecule has 34 heavy (non-hydrogen) atoms. The van der Waals surface area contributed by atoms with E-state index in [-0.39, 0.29) is 37.6 Å². The van der Waals surface area contributed by atoms with Gasteiger partial charge in [-0.05, 0) is 36.6 Å². The topological polar surface area (TPSA) is 99.4 Å². The number of nitrogens with zero attached hydrogens (tertiary/aromatic N) is 2. The summed E-state index contributed by atoms with van der Waals surface area (Å²) in [7, 11) is -3.83. The minimum atomic E-state index is -3.83. The van der Waals surface area contributed by atoms with Gasteiger partial charge in [-0.25, -0.2) is 8.42 Å². The Morgan fingerprint density at radius 3 is 2.03 bits per heavy atom. The number of rotatable bonds is 10. The molecule has 4 rings (SSSR count). The number of hydrogen-bond donors (Lipinski definition) is 2. The number of fused-ring (bicyclic) bond motifs is 3. The summed E-state index contributed by atoms with van der Waals surface area (Å²) in [6, 6.07) is 22.3. The van der Waals surface area contributed by atoms with Gasteiger partial charge in [0, 0.05) is 30.8 Å². The van der Waals surface area contributed by atoms with E-state index in [0.717, 1.165) is 27.8 Å². The van der Waals surface area contributed by atoms with Crippen LogP contribution in [0.5, 0.6) is 0 Å².